The van der Waals surface area contributed by atoms with Crippen LogP contribution in [-0.4, -0.2) is 49.3 Å². The number of hydrogen-bond acceptors (Lipinski definition) is 3. The fourth-order valence-electron chi connectivity index (χ4n) is 2.40. The highest BCUT2D eigenvalue weighted by molar-refractivity contribution is 4.78. The molecule has 2 atom stereocenters. The minimum atomic E-state index is 0.311. The lowest BCUT2D eigenvalue weighted by atomic mass is 9.90. The molecule has 2 N–H and O–H groups in total. The molecule has 1 rings (SSSR count). The Morgan fingerprint density at radius 2 is 1.94 bits per heavy atom. The van der Waals surface area contributed by atoms with E-state index in [0.717, 1.165) is 18.9 Å². The van der Waals surface area contributed by atoms with Gasteiger partial charge in [0, 0.05) is 12.6 Å². The van der Waals surface area contributed by atoms with Gasteiger partial charge in [0.25, 0.3) is 0 Å². The summed E-state index contributed by atoms with van der Waals surface area (Å²) < 4.78 is 0. The standard InChI is InChI=1S/C13H28N2O/c1-11(6-9-16)10-14-12(2)13-4-7-15(3)8-5-13/h11-14,16H,4-10H2,1-3H3. The highest BCUT2D eigenvalue weighted by atomic mass is 16.3. The Hall–Kier alpha value is -0.120. The molecule has 0 aromatic carbocycles. The molecule has 0 aromatic heterocycles. The summed E-state index contributed by atoms with van der Waals surface area (Å²) in [6.45, 7) is 8.33. The average molecular weight is 228 g/mol. The summed E-state index contributed by atoms with van der Waals surface area (Å²) in [5, 5.41) is 12.5. The molecule has 0 spiro atoms. The maximum Gasteiger partial charge on any atom is 0.0434 e. The van der Waals surface area contributed by atoms with Gasteiger partial charge in [0.2, 0.25) is 0 Å². The van der Waals surface area contributed by atoms with Gasteiger partial charge in [-0.1, -0.05) is 6.92 Å². The zero-order valence-electron chi connectivity index (χ0n) is 11.1. The first-order valence-corrected chi connectivity index (χ1v) is 6.66. The summed E-state index contributed by atoms with van der Waals surface area (Å²) in [5.74, 6) is 1.41. The number of piperidine rings is 1. The Bertz CT molecular complexity index is 179. The molecule has 2 unspecified atom stereocenters. The van der Waals surface area contributed by atoms with Crippen molar-refractivity contribution in [2.24, 2.45) is 11.8 Å². The summed E-state index contributed by atoms with van der Waals surface area (Å²) in [6.07, 6.45) is 3.55. The van der Waals surface area contributed by atoms with E-state index in [1.165, 1.54) is 25.9 Å². The van der Waals surface area contributed by atoms with Crippen LogP contribution in [0.25, 0.3) is 0 Å². The number of hydrogen-bond donors (Lipinski definition) is 2. The molecule has 0 bridgehead atoms. The van der Waals surface area contributed by atoms with Gasteiger partial charge in [0.05, 0.1) is 0 Å². The van der Waals surface area contributed by atoms with E-state index in [-0.39, 0.29) is 0 Å². The van der Waals surface area contributed by atoms with Gasteiger partial charge in [0.15, 0.2) is 0 Å². The molecule has 16 heavy (non-hydrogen) atoms. The van der Waals surface area contributed by atoms with Crippen molar-refractivity contribution in [2.75, 3.05) is 33.3 Å². The predicted molar refractivity (Wildman–Crippen MR) is 68.6 cm³/mol. The predicted octanol–water partition coefficient (Wildman–Crippen LogP) is 1.32. The zero-order valence-corrected chi connectivity index (χ0v) is 11.1. The molecule has 1 saturated heterocycles. The molecule has 3 heteroatoms. The SMILES string of the molecule is CC(CCO)CNC(C)C1CCN(C)CC1. The van der Waals surface area contributed by atoms with E-state index in [0.29, 0.717) is 18.6 Å². The van der Waals surface area contributed by atoms with Gasteiger partial charge < -0.3 is 15.3 Å². The number of aliphatic hydroxyl groups is 1. The molecule has 1 aliphatic heterocycles. The van der Waals surface area contributed by atoms with Crippen LogP contribution < -0.4 is 5.32 Å². The molecular formula is C13H28N2O. The number of nitrogens with one attached hydrogen (secondary N) is 1. The van der Waals surface area contributed by atoms with Crippen LogP contribution in [0.1, 0.15) is 33.1 Å². The molecule has 0 saturated carbocycles. The van der Waals surface area contributed by atoms with Gasteiger partial charge in [-0.25, -0.2) is 0 Å². The van der Waals surface area contributed by atoms with Gasteiger partial charge in [-0.3, -0.25) is 0 Å². The third kappa shape index (κ3) is 4.81. The van der Waals surface area contributed by atoms with E-state index >= 15 is 0 Å². The second kappa shape index (κ2) is 7.25. The van der Waals surface area contributed by atoms with Gasteiger partial charge in [-0.15, -0.1) is 0 Å². The molecule has 0 aliphatic carbocycles. The number of aliphatic hydroxyl groups excluding tert-OH is 1. The lowest BCUT2D eigenvalue weighted by Crippen LogP contribution is -2.42. The van der Waals surface area contributed by atoms with E-state index in [9.17, 15) is 0 Å². The van der Waals surface area contributed by atoms with Crippen molar-refractivity contribution in [1.82, 2.24) is 10.2 Å². The van der Waals surface area contributed by atoms with Crippen molar-refractivity contribution >= 4 is 0 Å². The summed E-state index contributed by atoms with van der Waals surface area (Å²) >= 11 is 0. The first-order valence-electron chi connectivity index (χ1n) is 6.66. The van der Waals surface area contributed by atoms with Crippen molar-refractivity contribution in [2.45, 2.75) is 39.2 Å². The maximum atomic E-state index is 8.85. The molecule has 1 heterocycles. The largest absolute Gasteiger partial charge is 0.396 e. The van der Waals surface area contributed by atoms with Gasteiger partial charge in [-0.05, 0) is 64.7 Å². The highest BCUT2D eigenvalue weighted by Crippen LogP contribution is 2.19. The molecule has 1 aliphatic rings. The average Bonchev–Trinajstić information content (AvgIpc) is 2.27. The van der Waals surface area contributed by atoms with E-state index in [4.69, 9.17) is 5.11 Å². The van der Waals surface area contributed by atoms with Crippen LogP contribution in [0.4, 0.5) is 0 Å². The Kier molecular flexibility index (Phi) is 6.32. The van der Waals surface area contributed by atoms with Crippen LogP contribution in [0.15, 0.2) is 0 Å². The minimum Gasteiger partial charge on any atom is -0.396 e. The zero-order chi connectivity index (χ0) is 12.0. The molecule has 0 aromatic rings. The minimum absolute atomic E-state index is 0.311. The molecule has 3 nitrogen and oxygen atoms in total. The van der Waals surface area contributed by atoms with Crippen LogP contribution in [0, 0.1) is 11.8 Å². The Balaban J connectivity index is 2.16. The fraction of sp³-hybridized carbons (Fsp3) is 1.00. The summed E-state index contributed by atoms with van der Waals surface area (Å²) in [7, 11) is 2.21. The van der Waals surface area contributed by atoms with Crippen molar-refractivity contribution < 1.29 is 5.11 Å². The molecule has 96 valence electrons. The Labute approximate surface area is 100 Å². The maximum absolute atomic E-state index is 8.85. The smallest absolute Gasteiger partial charge is 0.0434 e. The van der Waals surface area contributed by atoms with E-state index in [1.807, 2.05) is 0 Å². The summed E-state index contributed by atoms with van der Waals surface area (Å²) in [4.78, 5) is 2.41. The lowest BCUT2D eigenvalue weighted by molar-refractivity contribution is 0.185. The lowest BCUT2D eigenvalue weighted by Gasteiger charge is -2.33. The summed E-state index contributed by atoms with van der Waals surface area (Å²) in [5.41, 5.74) is 0. The van der Waals surface area contributed by atoms with Crippen molar-refractivity contribution in [3.8, 4) is 0 Å². The highest BCUT2D eigenvalue weighted by Gasteiger charge is 2.21. The number of nitrogens with zero attached hydrogens (tertiary/aromatic N) is 1. The van der Waals surface area contributed by atoms with E-state index < -0.39 is 0 Å². The van der Waals surface area contributed by atoms with Crippen molar-refractivity contribution in [3.63, 3.8) is 0 Å². The Morgan fingerprint density at radius 1 is 1.31 bits per heavy atom. The van der Waals surface area contributed by atoms with E-state index in [1.54, 1.807) is 0 Å². The molecule has 0 radical (unpaired) electrons. The van der Waals surface area contributed by atoms with Crippen LogP contribution in [0.2, 0.25) is 0 Å². The molecule has 0 amide bonds. The third-order valence-electron chi connectivity index (χ3n) is 3.88. The topological polar surface area (TPSA) is 35.5 Å². The number of rotatable bonds is 6. The van der Waals surface area contributed by atoms with Gasteiger partial charge in [-0.2, -0.15) is 0 Å². The van der Waals surface area contributed by atoms with Gasteiger partial charge in [0.1, 0.15) is 0 Å². The second-order valence-electron chi connectivity index (χ2n) is 5.46. The van der Waals surface area contributed by atoms with E-state index in [2.05, 4.69) is 31.1 Å². The third-order valence-corrected chi connectivity index (χ3v) is 3.88. The first kappa shape index (κ1) is 13.9. The summed E-state index contributed by atoms with van der Waals surface area (Å²) in [6, 6.07) is 0.620. The van der Waals surface area contributed by atoms with Crippen molar-refractivity contribution in [1.29, 1.82) is 0 Å². The van der Waals surface area contributed by atoms with Crippen LogP contribution in [-0.2, 0) is 0 Å². The van der Waals surface area contributed by atoms with Crippen molar-refractivity contribution in [3.05, 3.63) is 0 Å². The molecule has 1 fully saturated rings. The van der Waals surface area contributed by atoms with Gasteiger partial charge >= 0.3 is 0 Å². The molecular weight excluding hydrogens is 200 g/mol. The first-order chi connectivity index (χ1) is 7.63. The monoisotopic (exact) mass is 228 g/mol. The van der Waals surface area contributed by atoms with Crippen LogP contribution >= 0.6 is 0 Å². The van der Waals surface area contributed by atoms with Crippen LogP contribution in [0.5, 0.6) is 0 Å². The normalized spacial score (nSPS) is 23.2. The Morgan fingerprint density at radius 3 is 2.50 bits per heavy atom. The quantitative estimate of drug-likeness (QED) is 0.720. The fourth-order valence-corrected chi connectivity index (χ4v) is 2.40. The van der Waals surface area contributed by atoms with Crippen LogP contribution in [0.3, 0.4) is 0 Å². The second-order valence-corrected chi connectivity index (χ2v) is 5.46. The number of likely N-dealkylation sites (tertiary alicyclic amines) is 1.